The molecule has 0 aromatic heterocycles. The summed E-state index contributed by atoms with van der Waals surface area (Å²) in [6, 6.07) is 23.2. The number of rotatable bonds is 10. The standard InChI is InChI=1S/C36H36FN5O6S/c1-42(23-27-4-10-28(37)11-5-27)20-2-3-30(24-42)41(35(44)34(39)21-25-6-14-31(43)15-7-25)36(45)40-29-12-16-32(17-13-29)48-49(46,47)33-18-8-26(22-38)9-19-33/h4-19,30,34H,2-3,20-21,23-24,39H2,1H3,(H-,40,43,45)/p+1/t30-,34-,42?/m0/s1. The lowest BCUT2D eigenvalue weighted by Gasteiger charge is -2.44. The van der Waals surface area contributed by atoms with E-state index in [9.17, 15) is 27.5 Å². The van der Waals surface area contributed by atoms with E-state index in [0.717, 1.165) is 18.5 Å². The molecule has 1 saturated heterocycles. The minimum Gasteiger partial charge on any atom is -0.508 e. The SMILES string of the molecule is C[N+]1(Cc2ccc(F)cc2)CCC[C@H](N(C(=O)Nc2ccc(OS(=O)(=O)c3ccc(C#N)cc3)cc2)C(=O)[C@@H](N)Cc2ccc(O)cc2)C1. The lowest BCUT2D eigenvalue weighted by molar-refractivity contribution is -0.928. The third-order valence-corrected chi connectivity index (χ3v) is 9.74. The third-order valence-electron chi connectivity index (χ3n) is 8.48. The molecule has 1 aliphatic heterocycles. The highest BCUT2D eigenvalue weighted by molar-refractivity contribution is 7.87. The Morgan fingerprint density at radius 1 is 1.02 bits per heavy atom. The fourth-order valence-corrected chi connectivity index (χ4v) is 6.96. The van der Waals surface area contributed by atoms with Gasteiger partial charge in [-0.3, -0.25) is 9.69 Å². The molecule has 3 atom stereocenters. The summed E-state index contributed by atoms with van der Waals surface area (Å²) in [4.78, 5) is 29.0. The minimum absolute atomic E-state index is 0.00708. The van der Waals surface area contributed by atoms with Crippen LogP contribution in [-0.2, 0) is 27.9 Å². The number of likely N-dealkylation sites (N-methyl/N-ethyl adjacent to an activating group) is 1. The number of imide groups is 1. The fraction of sp³-hybridized carbons (Fsp3) is 0.250. The van der Waals surface area contributed by atoms with Crippen LogP contribution in [-0.4, -0.2) is 67.1 Å². The first-order valence-electron chi connectivity index (χ1n) is 15.6. The fourth-order valence-electron chi connectivity index (χ4n) is 6.03. The second kappa shape index (κ2) is 14.9. The smallest absolute Gasteiger partial charge is 0.339 e. The van der Waals surface area contributed by atoms with Gasteiger partial charge in [-0.25, -0.2) is 9.18 Å². The highest BCUT2D eigenvalue weighted by atomic mass is 32.2. The van der Waals surface area contributed by atoms with E-state index < -0.39 is 34.1 Å². The molecule has 13 heteroatoms. The Labute approximate surface area is 284 Å². The van der Waals surface area contributed by atoms with E-state index >= 15 is 0 Å². The molecule has 3 amide bonds. The quantitative estimate of drug-likeness (QED) is 0.157. The summed E-state index contributed by atoms with van der Waals surface area (Å²) in [6.45, 7) is 1.82. The Balaban J connectivity index is 1.34. The number of anilines is 1. The number of nitrogens with two attached hydrogens (primary N) is 1. The van der Waals surface area contributed by atoms with Gasteiger partial charge in [0.15, 0.2) is 0 Å². The van der Waals surface area contributed by atoms with Gasteiger partial charge in [0.1, 0.15) is 35.3 Å². The van der Waals surface area contributed by atoms with Crippen LogP contribution < -0.4 is 15.2 Å². The van der Waals surface area contributed by atoms with Crippen LogP contribution >= 0.6 is 0 Å². The number of halogens is 1. The summed E-state index contributed by atoms with van der Waals surface area (Å²) < 4.78 is 44.8. The molecule has 0 radical (unpaired) electrons. The highest BCUT2D eigenvalue weighted by Crippen LogP contribution is 2.27. The van der Waals surface area contributed by atoms with E-state index in [0.29, 0.717) is 35.1 Å². The summed E-state index contributed by atoms with van der Waals surface area (Å²) in [6.07, 6.45) is 1.42. The van der Waals surface area contributed by atoms with Crippen molar-refractivity contribution in [3.63, 3.8) is 0 Å². The maximum atomic E-state index is 14.0. The number of benzene rings is 4. The Morgan fingerprint density at radius 3 is 2.29 bits per heavy atom. The molecule has 5 rings (SSSR count). The number of aromatic hydroxyl groups is 1. The van der Waals surface area contributed by atoms with Gasteiger partial charge in [-0.15, -0.1) is 0 Å². The number of carbonyl (C=O) groups is 2. The largest absolute Gasteiger partial charge is 0.508 e. The number of hydrogen-bond acceptors (Lipinski definition) is 8. The summed E-state index contributed by atoms with van der Waals surface area (Å²) in [5.74, 6) is -0.827. The predicted molar refractivity (Wildman–Crippen MR) is 180 cm³/mol. The summed E-state index contributed by atoms with van der Waals surface area (Å²) in [5, 5.41) is 21.4. The molecule has 1 unspecified atom stereocenters. The number of phenols is 1. The average molecular weight is 687 g/mol. The van der Waals surface area contributed by atoms with Gasteiger partial charge < -0.3 is 24.8 Å². The molecular formula is C36H37FN5O6S+. The van der Waals surface area contributed by atoms with Crippen LogP contribution in [0.3, 0.4) is 0 Å². The molecule has 1 aliphatic rings. The number of carbonyl (C=O) groups excluding carboxylic acids is 2. The number of hydrogen-bond donors (Lipinski definition) is 3. The highest BCUT2D eigenvalue weighted by Gasteiger charge is 2.41. The van der Waals surface area contributed by atoms with Crippen molar-refractivity contribution in [2.45, 2.75) is 42.8 Å². The van der Waals surface area contributed by atoms with Crippen molar-refractivity contribution < 1.29 is 36.2 Å². The Kier molecular flexibility index (Phi) is 10.6. The van der Waals surface area contributed by atoms with Crippen LogP contribution in [0.1, 0.15) is 29.5 Å². The third kappa shape index (κ3) is 8.99. The molecule has 0 saturated carbocycles. The number of nitriles is 1. The van der Waals surface area contributed by atoms with Crippen molar-refractivity contribution in [2.24, 2.45) is 5.73 Å². The van der Waals surface area contributed by atoms with Gasteiger partial charge in [0.2, 0.25) is 5.91 Å². The van der Waals surface area contributed by atoms with E-state index in [-0.39, 0.29) is 34.3 Å². The van der Waals surface area contributed by atoms with Gasteiger partial charge >= 0.3 is 16.1 Å². The number of nitrogens with zero attached hydrogens (tertiary/aromatic N) is 3. The first-order chi connectivity index (χ1) is 23.3. The minimum atomic E-state index is -4.18. The van der Waals surface area contributed by atoms with E-state index in [1.807, 2.05) is 13.1 Å². The van der Waals surface area contributed by atoms with E-state index in [4.69, 9.17) is 15.2 Å². The maximum absolute atomic E-state index is 14.0. The second-order valence-electron chi connectivity index (χ2n) is 12.4. The zero-order valence-electron chi connectivity index (χ0n) is 26.8. The number of piperidine rings is 1. The van der Waals surface area contributed by atoms with Crippen LogP contribution in [0, 0.1) is 17.1 Å². The van der Waals surface area contributed by atoms with Crippen molar-refractivity contribution in [1.29, 1.82) is 5.26 Å². The number of urea groups is 1. The number of amides is 3. The van der Waals surface area contributed by atoms with Gasteiger partial charge in [0.25, 0.3) is 0 Å². The molecule has 0 aliphatic carbocycles. The first-order valence-corrected chi connectivity index (χ1v) is 17.1. The molecular weight excluding hydrogens is 649 g/mol. The molecule has 1 fully saturated rings. The topological polar surface area (TPSA) is 163 Å². The van der Waals surface area contributed by atoms with Crippen LogP contribution in [0.4, 0.5) is 14.9 Å². The first kappa shape index (κ1) is 35.0. The predicted octanol–water partition coefficient (Wildman–Crippen LogP) is 4.91. The monoisotopic (exact) mass is 686 g/mol. The van der Waals surface area contributed by atoms with E-state index in [1.165, 1.54) is 77.7 Å². The number of likely N-dealkylation sites (tertiary alicyclic amines) is 1. The molecule has 49 heavy (non-hydrogen) atoms. The van der Waals surface area contributed by atoms with Gasteiger partial charge in [-0.2, -0.15) is 13.7 Å². The van der Waals surface area contributed by atoms with Crippen molar-refractivity contribution in [3.8, 4) is 17.6 Å². The number of nitrogens with one attached hydrogen (secondary N) is 1. The normalized spacial score (nSPS) is 18.1. The Bertz CT molecular complexity index is 1930. The van der Waals surface area contributed by atoms with Crippen LogP contribution in [0.15, 0.2) is 102 Å². The van der Waals surface area contributed by atoms with Crippen molar-refractivity contribution in [1.82, 2.24) is 4.90 Å². The van der Waals surface area contributed by atoms with Crippen LogP contribution in [0.25, 0.3) is 0 Å². The van der Waals surface area contributed by atoms with Crippen LogP contribution in [0.2, 0.25) is 0 Å². The zero-order valence-corrected chi connectivity index (χ0v) is 27.6. The van der Waals surface area contributed by atoms with Gasteiger partial charge in [-0.05, 0) is 97.6 Å². The lowest BCUT2D eigenvalue weighted by atomic mass is 9.98. The molecule has 1 heterocycles. The summed E-state index contributed by atoms with van der Waals surface area (Å²) in [7, 11) is -2.15. The molecule has 11 nitrogen and oxygen atoms in total. The second-order valence-corrected chi connectivity index (χ2v) is 14.0. The van der Waals surface area contributed by atoms with Crippen molar-refractivity contribution >= 4 is 27.7 Å². The van der Waals surface area contributed by atoms with Crippen LogP contribution in [0.5, 0.6) is 11.5 Å². The molecule has 4 aromatic carbocycles. The molecule has 0 spiro atoms. The maximum Gasteiger partial charge on any atom is 0.339 e. The summed E-state index contributed by atoms with van der Waals surface area (Å²) in [5.41, 5.74) is 8.65. The number of phenolic OH excluding ortho intramolecular Hbond substituents is 1. The Morgan fingerprint density at radius 2 is 1.65 bits per heavy atom. The van der Waals surface area contributed by atoms with Gasteiger partial charge in [0.05, 0.1) is 37.3 Å². The number of quaternary nitrogens is 1. The van der Waals surface area contributed by atoms with E-state index in [2.05, 4.69) is 5.32 Å². The van der Waals surface area contributed by atoms with Gasteiger partial charge in [-0.1, -0.05) is 24.3 Å². The molecule has 254 valence electrons. The Hall–Kier alpha value is -5.29. The van der Waals surface area contributed by atoms with Crippen molar-refractivity contribution in [2.75, 3.05) is 25.5 Å². The zero-order chi connectivity index (χ0) is 35.2. The van der Waals surface area contributed by atoms with Gasteiger partial charge in [0, 0.05) is 11.3 Å². The average Bonchev–Trinajstić information content (AvgIpc) is 3.07. The molecule has 4 aromatic rings. The molecule has 4 N–H and O–H groups in total. The van der Waals surface area contributed by atoms with Crippen molar-refractivity contribution in [3.05, 3.63) is 120 Å². The van der Waals surface area contributed by atoms with E-state index in [1.54, 1.807) is 24.3 Å². The molecule has 0 bridgehead atoms. The summed E-state index contributed by atoms with van der Waals surface area (Å²) >= 11 is 0. The lowest BCUT2D eigenvalue weighted by Crippen LogP contribution is -2.62.